The number of nitrogens with zero attached hydrogens (tertiary/aromatic N) is 3. The first-order valence-corrected chi connectivity index (χ1v) is 6.20. The van der Waals surface area contributed by atoms with E-state index < -0.39 is 0 Å². The predicted molar refractivity (Wildman–Crippen MR) is 75.6 cm³/mol. The van der Waals surface area contributed by atoms with Gasteiger partial charge in [0, 0.05) is 37.5 Å². The summed E-state index contributed by atoms with van der Waals surface area (Å²) in [4.78, 5) is 13.5. The molecule has 0 aliphatic carbocycles. The zero-order chi connectivity index (χ0) is 14.4. The van der Waals surface area contributed by atoms with Gasteiger partial charge in [0.1, 0.15) is 0 Å². The third kappa shape index (κ3) is 3.79. The zero-order valence-electron chi connectivity index (χ0n) is 11.8. The van der Waals surface area contributed by atoms with Crippen LogP contribution in [0.4, 0.5) is 0 Å². The summed E-state index contributed by atoms with van der Waals surface area (Å²) in [5, 5.41) is 13.2. The van der Waals surface area contributed by atoms with Crippen LogP contribution in [0.2, 0.25) is 0 Å². The van der Waals surface area contributed by atoms with Gasteiger partial charge in [-0.2, -0.15) is 5.10 Å². The van der Waals surface area contributed by atoms with Gasteiger partial charge in [0.2, 0.25) is 5.91 Å². The van der Waals surface area contributed by atoms with Gasteiger partial charge >= 0.3 is 0 Å². The summed E-state index contributed by atoms with van der Waals surface area (Å²) in [7, 11) is 1.87. The van der Waals surface area contributed by atoms with Crippen molar-refractivity contribution in [3.63, 3.8) is 0 Å². The Morgan fingerprint density at radius 1 is 1.53 bits per heavy atom. The fourth-order valence-corrected chi connectivity index (χ4v) is 1.86. The highest BCUT2D eigenvalue weighted by atomic mass is 16.3. The van der Waals surface area contributed by atoms with E-state index in [1.165, 1.54) is 11.0 Å². The second kappa shape index (κ2) is 6.89. The topological polar surface area (TPSA) is 58.4 Å². The lowest BCUT2D eigenvalue weighted by Gasteiger charge is -2.17. The maximum absolute atomic E-state index is 12.0. The van der Waals surface area contributed by atoms with Crippen LogP contribution in [-0.4, -0.2) is 45.4 Å². The zero-order valence-corrected chi connectivity index (χ0v) is 11.8. The number of aliphatic hydroxyl groups excluding tert-OH is 1. The molecule has 0 unspecified atom stereocenters. The maximum atomic E-state index is 12.0. The van der Waals surface area contributed by atoms with E-state index in [4.69, 9.17) is 5.11 Å². The number of carbonyl (C=O) groups excluding carboxylic acids is 1. The number of aryl methyl sites for hydroxylation is 2. The monoisotopic (exact) mass is 263 g/mol. The summed E-state index contributed by atoms with van der Waals surface area (Å²) >= 11 is 0. The summed E-state index contributed by atoms with van der Waals surface area (Å²) in [6.45, 7) is 8.14. The standard InChI is InChI=1S/C14H21N3O2/c1-5-8-17(9-10-18)14(19)7-6-13-11(2)15-16(4)12(13)3/h5-7,18H,1,8-10H2,2-4H3/b7-6+. The molecule has 0 spiro atoms. The van der Waals surface area contributed by atoms with Gasteiger partial charge in [-0.25, -0.2) is 0 Å². The molecule has 1 aromatic rings. The molecule has 0 radical (unpaired) electrons. The molecule has 0 saturated carbocycles. The van der Waals surface area contributed by atoms with Gasteiger partial charge in [-0.15, -0.1) is 6.58 Å². The number of aromatic nitrogens is 2. The van der Waals surface area contributed by atoms with E-state index in [-0.39, 0.29) is 12.5 Å². The van der Waals surface area contributed by atoms with Gasteiger partial charge in [-0.05, 0) is 19.9 Å². The molecule has 1 rings (SSSR count). The first-order chi connectivity index (χ1) is 9.01. The van der Waals surface area contributed by atoms with Crippen LogP contribution in [0.25, 0.3) is 6.08 Å². The Hall–Kier alpha value is -1.88. The van der Waals surface area contributed by atoms with Crippen LogP contribution in [0.15, 0.2) is 18.7 Å². The van der Waals surface area contributed by atoms with Crippen LogP contribution < -0.4 is 0 Å². The molecule has 0 fully saturated rings. The minimum atomic E-state index is -0.142. The Bertz CT molecular complexity index is 489. The maximum Gasteiger partial charge on any atom is 0.246 e. The number of carbonyl (C=O) groups is 1. The molecule has 1 heterocycles. The first-order valence-electron chi connectivity index (χ1n) is 6.20. The minimum Gasteiger partial charge on any atom is -0.395 e. The van der Waals surface area contributed by atoms with E-state index in [2.05, 4.69) is 11.7 Å². The third-order valence-corrected chi connectivity index (χ3v) is 2.99. The van der Waals surface area contributed by atoms with Crippen molar-refractivity contribution in [2.75, 3.05) is 19.7 Å². The average molecular weight is 263 g/mol. The second-order valence-electron chi connectivity index (χ2n) is 4.34. The van der Waals surface area contributed by atoms with Crippen molar-refractivity contribution in [1.82, 2.24) is 14.7 Å². The first kappa shape index (κ1) is 15.2. The summed E-state index contributed by atoms with van der Waals surface area (Å²) in [5.74, 6) is -0.142. The summed E-state index contributed by atoms with van der Waals surface area (Å²) < 4.78 is 1.79. The third-order valence-electron chi connectivity index (χ3n) is 2.99. The van der Waals surface area contributed by atoms with Gasteiger partial charge in [-0.3, -0.25) is 9.48 Å². The molecule has 104 valence electrons. The lowest BCUT2D eigenvalue weighted by Crippen LogP contribution is -2.32. The molecule has 1 amide bonds. The quantitative estimate of drug-likeness (QED) is 0.616. The van der Waals surface area contributed by atoms with E-state index in [0.29, 0.717) is 13.1 Å². The number of rotatable bonds is 6. The summed E-state index contributed by atoms with van der Waals surface area (Å²) in [6.07, 6.45) is 4.92. The highest BCUT2D eigenvalue weighted by Gasteiger charge is 2.10. The highest BCUT2D eigenvalue weighted by molar-refractivity contribution is 5.92. The van der Waals surface area contributed by atoms with Crippen molar-refractivity contribution in [3.05, 3.63) is 35.7 Å². The molecule has 5 heteroatoms. The van der Waals surface area contributed by atoms with Crippen molar-refractivity contribution in [3.8, 4) is 0 Å². The van der Waals surface area contributed by atoms with Crippen LogP contribution in [0.3, 0.4) is 0 Å². The average Bonchev–Trinajstić information content (AvgIpc) is 2.61. The molecule has 0 saturated heterocycles. The van der Waals surface area contributed by atoms with Crippen molar-refractivity contribution in [1.29, 1.82) is 0 Å². The van der Waals surface area contributed by atoms with E-state index in [0.717, 1.165) is 17.0 Å². The summed E-state index contributed by atoms with van der Waals surface area (Å²) in [6, 6.07) is 0. The van der Waals surface area contributed by atoms with E-state index in [1.54, 1.807) is 16.8 Å². The highest BCUT2D eigenvalue weighted by Crippen LogP contribution is 2.13. The Balaban J connectivity index is 2.84. The smallest absolute Gasteiger partial charge is 0.246 e. The fourth-order valence-electron chi connectivity index (χ4n) is 1.86. The van der Waals surface area contributed by atoms with Crippen LogP contribution in [-0.2, 0) is 11.8 Å². The molecule has 1 N–H and O–H groups in total. The van der Waals surface area contributed by atoms with Crippen molar-refractivity contribution in [2.45, 2.75) is 13.8 Å². The van der Waals surface area contributed by atoms with E-state index >= 15 is 0 Å². The van der Waals surface area contributed by atoms with Crippen molar-refractivity contribution >= 4 is 12.0 Å². The fraction of sp³-hybridized carbons (Fsp3) is 0.429. The number of hydrogen-bond acceptors (Lipinski definition) is 3. The van der Waals surface area contributed by atoms with E-state index in [1.807, 2.05) is 20.9 Å². The lowest BCUT2D eigenvalue weighted by molar-refractivity contribution is -0.125. The second-order valence-corrected chi connectivity index (χ2v) is 4.34. The molecular weight excluding hydrogens is 242 g/mol. The molecular formula is C14H21N3O2. The van der Waals surface area contributed by atoms with E-state index in [9.17, 15) is 4.79 Å². The van der Waals surface area contributed by atoms with Crippen LogP contribution in [0.1, 0.15) is 17.0 Å². The van der Waals surface area contributed by atoms with Gasteiger partial charge < -0.3 is 10.0 Å². The molecule has 0 atom stereocenters. The molecule has 0 aliphatic heterocycles. The van der Waals surface area contributed by atoms with Crippen molar-refractivity contribution in [2.24, 2.45) is 7.05 Å². The molecule has 0 aromatic carbocycles. The Kier molecular flexibility index (Phi) is 5.51. The van der Waals surface area contributed by atoms with Crippen LogP contribution >= 0.6 is 0 Å². The van der Waals surface area contributed by atoms with Gasteiger partial charge in [0.25, 0.3) is 0 Å². The normalized spacial score (nSPS) is 10.9. The van der Waals surface area contributed by atoms with Gasteiger partial charge in [-0.1, -0.05) is 6.08 Å². The Labute approximate surface area is 113 Å². The molecule has 0 aliphatic rings. The largest absolute Gasteiger partial charge is 0.395 e. The number of hydrogen-bond donors (Lipinski definition) is 1. The van der Waals surface area contributed by atoms with Gasteiger partial charge in [0.05, 0.1) is 12.3 Å². The molecule has 5 nitrogen and oxygen atoms in total. The molecule has 1 aromatic heterocycles. The van der Waals surface area contributed by atoms with Crippen LogP contribution in [0.5, 0.6) is 0 Å². The number of amides is 1. The summed E-state index contributed by atoms with van der Waals surface area (Å²) in [5.41, 5.74) is 2.86. The Morgan fingerprint density at radius 2 is 2.21 bits per heavy atom. The minimum absolute atomic E-state index is 0.0572. The lowest BCUT2D eigenvalue weighted by atomic mass is 10.2. The van der Waals surface area contributed by atoms with Crippen molar-refractivity contribution < 1.29 is 9.90 Å². The van der Waals surface area contributed by atoms with Gasteiger partial charge in [0.15, 0.2) is 0 Å². The molecule has 19 heavy (non-hydrogen) atoms. The SMILES string of the molecule is C=CCN(CCO)C(=O)/C=C/c1c(C)nn(C)c1C. The van der Waals surface area contributed by atoms with Crippen LogP contribution in [0, 0.1) is 13.8 Å². The number of aliphatic hydroxyl groups is 1. The Morgan fingerprint density at radius 3 is 2.68 bits per heavy atom. The predicted octanol–water partition coefficient (Wildman–Crippen LogP) is 1.06. The molecule has 0 bridgehead atoms.